The number of nitrogens with one attached hydrogen (secondary N) is 1. The van der Waals surface area contributed by atoms with E-state index in [0.29, 0.717) is 17.9 Å². The van der Waals surface area contributed by atoms with E-state index < -0.39 is 0 Å². The molecule has 1 atom stereocenters. The molecule has 0 aliphatic rings. The molecule has 134 valence electrons. The molecule has 2 heterocycles. The summed E-state index contributed by atoms with van der Waals surface area (Å²) < 4.78 is 4.91. The highest BCUT2D eigenvalue weighted by atomic mass is 16.5. The molecule has 1 aromatic carbocycles. The Morgan fingerprint density at radius 3 is 2.81 bits per heavy atom. The molecule has 0 aliphatic carbocycles. The van der Waals surface area contributed by atoms with Crippen molar-refractivity contribution in [3.8, 4) is 0 Å². The summed E-state index contributed by atoms with van der Waals surface area (Å²) in [6.07, 6.45) is 4.73. The van der Waals surface area contributed by atoms with Gasteiger partial charge < -0.3 is 9.84 Å². The lowest BCUT2D eigenvalue weighted by atomic mass is 10.1. The van der Waals surface area contributed by atoms with Crippen LogP contribution in [0.1, 0.15) is 40.3 Å². The molecule has 1 N–H and O–H groups in total. The van der Waals surface area contributed by atoms with E-state index in [9.17, 15) is 4.79 Å². The molecule has 26 heavy (non-hydrogen) atoms. The minimum Gasteiger partial charge on any atom is -0.364 e. The van der Waals surface area contributed by atoms with Crippen molar-refractivity contribution in [1.82, 2.24) is 20.0 Å². The molecule has 1 unspecified atom stereocenters. The van der Waals surface area contributed by atoms with Gasteiger partial charge in [0.05, 0.1) is 24.1 Å². The lowest BCUT2D eigenvalue weighted by molar-refractivity contribution is 0.102. The van der Waals surface area contributed by atoms with E-state index in [1.54, 1.807) is 24.7 Å². The largest absolute Gasteiger partial charge is 0.364 e. The van der Waals surface area contributed by atoms with Crippen LogP contribution in [-0.2, 0) is 6.54 Å². The Morgan fingerprint density at radius 2 is 2.12 bits per heavy atom. The highest BCUT2D eigenvalue weighted by Gasteiger charge is 2.15. The minimum atomic E-state index is -0.211. The second kappa shape index (κ2) is 7.88. The second-order valence-electron chi connectivity index (χ2n) is 6.21. The van der Waals surface area contributed by atoms with Crippen molar-refractivity contribution in [3.05, 3.63) is 71.5 Å². The first kappa shape index (κ1) is 17.8. The standard InChI is InChI=1S/C19H21N5O2/c1-13-10-21-18(11-20-13)22-19(25)16-6-4-5-15(9-16)12-24(3)14(2)17-7-8-26-23-17/h4-11,14H,12H2,1-3H3,(H,21,22,25). The molecule has 0 fully saturated rings. The molecule has 0 spiro atoms. The number of carbonyl (C=O) groups is 1. The van der Waals surface area contributed by atoms with Crippen molar-refractivity contribution >= 4 is 11.7 Å². The van der Waals surface area contributed by atoms with Gasteiger partial charge in [0.25, 0.3) is 5.91 Å². The van der Waals surface area contributed by atoms with Crippen LogP contribution in [0.25, 0.3) is 0 Å². The molecular formula is C19H21N5O2. The number of nitrogens with zero attached hydrogens (tertiary/aromatic N) is 4. The molecule has 0 radical (unpaired) electrons. The average molecular weight is 351 g/mol. The molecule has 3 rings (SSSR count). The normalized spacial score (nSPS) is 12.2. The number of anilines is 1. The van der Waals surface area contributed by atoms with Gasteiger partial charge in [-0.05, 0) is 38.6 Å². The van der Waals surface area contributed by atoms with E-state index in [0.717, 1.165) is 17.0 Å². The summed E-state index contributed by atoms with van der Waals surface area (Å²) in [4.78, 5) is 22.9. The van der Waals surface area contributed by atoms with Crippen LogP contribution in [-0.4, -0.2) is 33.0 Å². The lowest BCUT2D eigenvalue weighted by Gasteiger charge is -2.23. The van der Waals surface area contributed by atoms with Crippen LogP contribution in [0.3, 0.4) is 0 Å². The van der Waals surface area contributed by atoms with Crippen LogP contribution in [0.4, 0.5) is 5.82 Å². The predicted octanol–water partition coefficient (Wildman–Crippen LogP) is 3.22. The molecule has 0 bridgehead atoms. The van der Waals surface area contributed by atoms with Gasteiger partial charge in [-0.15, -0.1) is 0 Å². The van der Waals surface area contributed by atoms with Gasteiger partial charge in [0.15, 0.2) is 5.82 Å². The molecule has 0 saturated carbocycles. The van der Waals surface area contributed by atoms with Crippen molar-refractivity contribution in [2.75, 3.05) is 12.4 Å². The van der Waals surface area contributed by atoms with Crippen LogP contribution in [0.15, 0.2) is 53.5 Å². The quantitative estimate of drug-likeness (QED) is 0.734. The lowest BCUT2D eigenvalue weighted by Crippen LogP contribution is -2.22. The SMILES string of the molecule is Cc1cnc(NC(=O)c2cccc(CN(C)C(C)c3ccon3)c2)cn1. The number of hydrogen-bond acceptors (Lipinski definition) is 6. The molecule has 1 amide bonds. The van der Waals surface area contributed by atoms with Gasteiger partial charge in [0, 0.05) is 18.2 Å². The van der Waals surface area contributed by atoms with E-state index in [-0.39, 0.29) is 11.9 Å². The molecule has 0 saturated heterocycles. The summed E-state index contributed by atoms with van der Waals surface area (Å²) in [5, 5.41) is 6.75. The van der Waals surface area contributed by atoms with Crippen LogP contribution in [0.2, 0.25) is 0 Å². The molecule has 7 heteroatoms. The predicted molar refractivity (Wildman–Crippen MR) is 97.5 cm³/mol. The molecule has 0 aliphatic heterocycles. The Bertz CT molecular complexity index is 862. The van der Waals surface area contributed by atoms with Crippen molar-refractivity contribution in [3.63, 3.8) is 0 Å². The maximum absolute atomic E-state index is 12.4. The maximum atomic E-state index is 12.4. The highest BCUT2D eigenvalue weighted by Crippen LogP contribution is 2.19. The number of hydrogen-bond donors (Lipinski definition) is 1. The number of carbonyl (C=O) groups excluding carboxylic acids is 1. The zero-order chi connectivity index (χ0) is 18.5. The first-order valence-corrected chi connectivity index (χ1v) is 8.32. The summed E-state index contributed by atoms with van der Waals surface area (Å²) in [6.45, 7) is 4.59. The van der Waals surface area contributed by atoms with Crippen molar-refractivity contribution in [2.24, 2.45) is 0 Å². The Labute approximate surface area is 152 Å². The van der Waals surface area contributed by atoms with E-state index in [1.807, 2.05) is 38.2 Å². The van der Waals surface area contributed by atoms with Gasteiger partial charge >= 0.3 is 0 Å². The van der Waals surface area contributed by atoms with Crippen LogP contribution < -0.4 is 5.32 Å². The number of amides is 1. The summed E-state index contributed by atoms with van der Waals surface area (Å²) >= 11 is 0. The smallest absolute Gasteiger partial charge is 0.256 e. The van der Waals surface area contributed by atoms with Crippen LogP contribution in [0.5, 0.6) is 0 Å². The van der Waals surface area contributed by atoms with Gasteiger partial charge in [-0.3, -0.25) is 14.7 Å². The number of benzene rings is 1. The van der Waals surface area contributed by atoms with E-state index in [2.05, 4.69) is 32.3 Å². The Balaban J connectivity index is 1.67. The monoisotopic (exact) mass is 351 g/mol. The molecule has 2 aromatic heterocycles. The summed E-state index contributed by atoms with van der Waals surface area (Å²) in [6, 6.07) is 9.49. The van der Waals surface area contributed by atoms with E-state index in [1.165, 1.54) is 0 Å². The third-order valence-electron chi connectivity index (χ3n) is 4.19. The van der Waals surface area contributed by atoms with Crippen molar-refractivity contribution in [1.29, 1.82) is 0 Å². The third-order valence-corrected chi connectivity index (χ3v) is 4.19. The summed E-state index contributed by atoms with van der Waals surface area (Å²) in [7, 11) is 2.01. The Hall–Kier alpha value is -3.06. The average Bonchev–Trinajstić information content (AvgIpc) is 3.18. The fourth-order valence-corrected chi connectivity index (χ4v) is 2.54. The molecular weight excluding hydrogens is 330 g/mol. The first-order chi connectivity index (χ1) is 12.5. The molecule has 7 nitrogen and oxygen atoms in total. The highest BCUT2D eigenvalue weighted by molar-refractivity contribution is 6.03. The fourth-order valence-electron chi connectivity index (χ4n) is 2.54. The summed E-state index contributed by atoms with van der Waals surface area (Å²) in [5.41, 5.74) is 3.28. The van der Waals surface area contributed by atoms with Gasteiger partial charge in [-0.2, -0.15) is 0 Å². The van der Waals surface area contributed by atoms with Crippen molar-refractivity contribution < 1.29 is 9.32 Å². The zero-order valence-electron chi connectivity index (χ0n) is 15.0. The van der Waals surface area contributed by atoms with Crippen molar-refractivity contribution in [2.45, 2.75) is 26.4 Å². The van der Waals surface area contributed by atoms with E-state index >= 15 is 0 Å². The Kier molecular flexibility index (Phi) is 5.38. The number of rotatable bonds is 6. The topological polar surface area (TPSA) is 84.2 Å². The summed E-state index contributed by atoms with van der Waals surface area (Å²) in [5.74, 6) is 0.222. The maximum Gasteiger partial charge on any atom is 0.256 e. The van der Waals surface area contributed by atoms with E-state index in [4.69, 9.17) is 4.52 Å². The van der Waals surface area contributed by atoms with Crippen LogP contribution in [0, 0.1) is 6.92 Å². The fraction of sp³-hybridized carbons (Fsp3) is 0.263. The second-order valence-corrected chi connectivity index (χ2v) is 6.21. The Morgan fingerprint density at radius 1 is 1.27 bits per heavy atom. The first-order valence-electron chi connectivity index (χ1n) is 8.32. The molecule has 3 aromatic rings. The zero-order valence-corrected chi connectivity index (χ0v) is 15.0. The third kappa shape index (κ3) is 4.31. The van der Waals surface area contributed by atoms with Gasteiger partial charge in [0.1, 0.15) is 12.0 Å². The van der Waals surface area contributed by atoms with Crippen LogP contribution >= 0.6 is 0 Å². The van der Waals surface area contributed by atoms with Gasteiger partial charge in [0.2, 0.25) is 0 Å². The van der Waals surface area contributed by atoms with Gasteiger partial charge in [-0.25, -0.2) is 4.98 Å². The van der Waals surface area contributed by atoms with Gasteiger partial charge in [-0.1, -0.05) is 17.3 Å². The number of aryl methyl sites for hydroxylation is 1. The minimum absolute atomic E-state index is 0.106. The number of aromatic nitrogens is 3.